The molecule has 0 fully saturated rings. The van der Waals surface area contributed by atoms with Crippen LogP contribution < -0.4 is 5.73 Å². The first-order valence-corrected chi connectivity index (χ1v) is 5.32. The van der Waals surface area contributed by atoms with Crippen molar-refractivity contribution in [2.45, 2.75) is 13.3 Å². The van der Waals surface area contributed by atoms with Gasteiger partial charge in [-0.05, 0) is 25.1 Å². The predicted octanol–water partition coefficient (Wildman–Crippen LogP) is 1.27. The number of carboxylic acids is 1. The monoisotopic (exact) mass is 247 g/mol. The summed E-state index contributed by atoms with van der Waals surface area (Å²) < 4.78 is 4.71. The Balaban J connectivity index is 2.77. The van der Waals surface area contributed by atoms with Gasteiger partial charge in [0.05, 0.1) is 12.2 Å². The van der Waals surface area contributed by atoms with Gasteiger partial charge >= 0.3 is 11.9 Å². The Morgan fingerprint density at radius 3 is 2.72 bits per heavy atom. The van der Waals surface area contributed by atoms with Gasteiger partial charge in [0.2, 0.25) is 0 Å². The molecule has 0 radical (unpaired) electrons. The van der Waals surface area contributed by atoms with Crippen molar-refractivity contribution in [2.24, 2.45) is 0 Å². The number of hydrogen-bond acceptors (Lipinski definition) is 4. The minimum atomic E-state index is -1.05. The van der Waals surface area contributed by atoms with Crippen LogP contribution in [0.25, 0.3) is 0 Å². The molecular weight excluding hydrogens is 234 g/mol. The number of ether oxygens (including phenoxy) is 1. The van der Waals surface area contributed by atoms with Gasteiger partial charge in [-0.25, -0.2) is 4.79 Å². The number of rotatable bonds is 3. The molecule has 18 heavy (non-hydrogen) atoms. The third-order valence-corrected chi connectivity index (χ3v) is 2.06. The van der Waals surface area contributed by atoms with Crippen molar-refractivity contribution in [3.05, 3.63) is 29.3 Å². The molecule has 94 valence electrons. The van der Waals surface area contributed by atoms with Crippen LogP contribution in [0, 0.1) is 11.8 Å². The molecular formula is C13H13NO4. The third-order valence-electron chi connectivity index (χ3n) is 2.06. The molecule has 0 heterocycles. The first-order valence-electron chi connectivity index (χ1n) is 5.32. The van der Waals surface area contributed by atoms with E-state index in [1.165, 1.54) is 18.2 Å². The molecule has 0 amide bonds. The molecule has 0 unspecified atom stereocenters. The van der Waals surface area contributed by atoms with E-state index in [-0.39, 0.29) is 17.7 Å². The lowest BCUT2D eigenvalue weighted by Gasteiger charge is -2.00. The van der Waals surface area contributed by atoms with E-state index in [1.54, 1.807) is 6.92 Å². The predicted molar refractivity (Wildman–Crippen MR) is 65.9 cm³/mol. The van der Waals surface area contributed by atoms with Crippen molar-refractivity contribution in [3.8, 4) is 11.8 Å². The maximum absolute atomic E-state index is 11.0. The highest BCUT2D eigenvalue weighted by atomic mass is 16.5. The topological polar surface area (TPSA) is 89.6 Å². The van der Waals surface area contributed by atoms with Crippen LogP contribution in [0.2, 0.25) is 0 Å². The summed E-state index contributed by atoms with van der Waals surface area (Å²) in [7, 11) is 0. The minimum absolute atomic E-state index is 0.0199. The van der Waals surface area contributed by atoms with Crippen LogP contribution >= 0.6 is 0 Å². The molecule has 5 nitrogen and oxygen atoms in total. The van der Waals surface area contributed by atoms with Gasteiger partial charge in [-0.3, -0.25) is 4.79 Å². The van der Waals surface area contributed by atoms with Crippen LogP contribution in [0.1, 0.15) is 29.3 Å². The second-order valence-corrected chi connectivity index (χ2v) is 3.39. The molecule has 0 saturated heterocycles. The zero-order chi connectivity index (χ0) is 13.5. The normalized spacial score (nSPS) is 9.17. The Kier molecular flexibility index (Phi) is 4.76. The maximum atomic E-state index is 11.0. The van der Waals surface area contributed by atoms with E-state index in [9.17, 15) is 9.59 Å². The van der Waals surface area contributed by atoms with E-state index in [1.807, 2.05) is 0 Å². The minimum Gasteiger partial charge on any atom is -0.478 e. The second-order valence-electron chi connectivity index (χ2n) is 3.39. The van der Waals surface area contributed by atoms with Gasteiger partial charge < -0.3 is 15.6 Å². The van der Waals surface area contributed by atoms with Crippen molar-refractivity contribution < 1.29 is 19.4 Å². The van der Waals surface area contributed by atoms with E-state index in [2.05, 4.69) is 11.8 Å². The zero-order valence-electron chi connectivity index (χ0n) is 9.90. The summed E-state index contributed by atoms with van der Waals surface area (Å²) in [6, 6.07) is 4.25. The molecule has 0 aliphatic rings. The maximum Gasteiger partial charge on any atom is 0.335 e. The van der Waals surface area contributed by atoms with Gasteiger partial charge in [0.1, 0.15) is 6.42 Å². The average Bonchev–Trinajstić information content (AvgIpc) is 2.31. The van der Waals surface area contributed by atoms with E-state index in [4.69, 9.17) is 15.6 Å². The second kappa shape index (κ2) is 6.30. The fourth-order valence-corrected chi connectivity index (χ4v) is 1.23. The molecule has 0 atom stereocenters. The SMILES string of the molecule is CCOC(=O)CC#Cc1ccc(C(=O)O)cc1N. The van der Waals surface area contributed by atoms with E-state index >= 15 is 0 Å². The number of anilines is 1. The van der Waals surface area contributed by atoms with Crippen LogP contribution in [0.3, 0.4) is 0 Å². The van der Waals surface area contributed by atoms with Crippen molar-refractivity contribution in [1.82, 2.24) is 0 Å². The van der Waals surface area contributed by atoms with Gasteiger partial charge in [-0.2, -0.15) is 0 Å². The highest BCUT2D eigenvalue weighted by molar-refractivity contribution is 5.89. The highest BCUT2D eigenvalue weighted by Gasteiger charge is 2.04. The van der Waals surface area contributed by atoms with Crippen LogP contribution in [-0.4, -0.2) is 23.7 Å². The molecule has 0 spiro atoms. The standard InChI is InChI=1S/C13H13NO4/c1-2-18-12(15)5-3-4-9-6-7-10(13(16)17)8-11(9)14/h6-8H,2,5,14H2,1H3,(H,16,17). The molecule has 1 aromatic carbocycles. The molecule has 0 aliphatic carbocycles. The van der Waals surface area contributed by atoms with Crippen LogP contribution in [0.4, 0.5) is 5.69 Å². The summed E-state index contributed by atoms with van der Waals surface area (Å²) in [5.74, 6) is 3.88. The number of benzene rings is 1. The largest absolute Gasteiger partial charge is 0.478 e. The Labute approximate surface area is 105 Å². The Hall–Kier alpha value is -2.48. The molecule has 0 saturated carbocycles. The smallest absolute Gasteiger partial charge is 0.335 e. The van der Waals surface area contributed by atoms with Crippen molar-refractivity contribution in [3.63, 3.8) is 0 Å². The van der Waals surface area contributed by atoms with Crippen LogP contribution in [0.15, 0.2) is 18.2 Å². The van der Waals surface area contributed by atoms with Gasteiger partial charge in [-0.1, -0.05) is 11.8 Å². The molecule has 0 aliphatic heterocycles. The number of carboxylic acid groups (broad SMARTS) is 1. The summed E-state index contributed by atoms with van der Waals surface area (Å²) in [5.41, 5.74) is 6.51. The number of carbonyl (C=O) groups excluding carboxylic acids is 1. The first-order chi connectivity index (χ1) is 8.54. The lowest BCUT2D eigenvalue weighted by molar-refractivity contribution is -0.141. The van der Waals surface area contributed by atoms with Gasteiger partial charge in [-0.15, -0.1) is 0 Å². The highest BCUT2D eigenvalue weighted by Crippen LogP contribution is 2.13. The van der Waals surface area contributed by atoms with Gasteiger partial charge in [0.15, 0.2) is 0 Å². The first kappa shape index (κ1) is 13.6. The van der Waals surface area contributed by atoms with Crippen LogP contribution in [0.5, 0.6) is 0 Å². The summed E-state index contributed by atoms with van der Waals surface area (Å²) in [5, 5.41) is 8.76. The summed E-state index contributed by atoms with van der Waals surface area (Å²) >= 11 is 0. The lowest BCUT2D eigenvalue weighted by Crippen LogP contribution is -2.02. The molecule has 0 aromatic heterocycles. The van der Waals surface area contributed by atoms with E-state index in [0.29, 0.717) is 12.2 Å². The summed E-state index contributed by atoms with van der Waals surface area (Å²) in [6.07, 6.45) is -0.0199. The molecule has 5 heteroatoms. The van der Waals surface area contributed by atoms with Gasteiger partial charge in [0.25, 0.3) is 0 Å². The fraction of sp³-hybridized carbons (Fsp3) is 0.231. The quantitative estimate of drug-likeness (QED) is 0.477. The number of aromatic carboxylic acids is 1. The van der Waals surface area contributed by atoms with E-state index < -0.39 is 11.9 Å². The number of esters is 1. The Morgan fingerprint density at radius 1 is 1.44 bits per heavy atom. The van der Waals surface area contributed by atoms with Crippen molar-refractivity contribution in [1.29, 1.82) is 0 Å². The fourth-order valence-electron chi connectivity index (χ4n) is 1.23. The molecule has 3 N–H and O–H groups in total. The Morgan fingerprint density at radius 2 is 2.17 bits per heavy atom. The van der Waals surface area contributed by atoms with Crippen LogP contribution in [-0.2, 0) is 9.53 Å². The molecule has 1 rings (SSSR count). The molecule has 1 aromatic rings. The summed E-state index contributed by atoms with van der Waals surface area (Å²) in [6.45, 7) is 2.03. The average molecular weight is 247 g/mol. The lowest BCUT2D eigenvalue weighted by atomic mass is 10.1. The zero-order valence-corrected chi connectivity index (χ0v) is 9.90. The summed E-state index contributed by atoms with van der Waals surface area (Å²) in [4.78, 5) is 21.7. The Bertz CT molecular complexity index is 526. The van der Waals surface area contributed by atoms with Gasteiger partial charge in [0, 0.05) is 11.3 Å². The molecule has 0 bridgehead atoms. The number of nitrogen functional groups attached to an aromatic ring is 1. The number of nitrogens with two attached hydrogens (primary N) is 1. The number of hydrogen-bond donors (Lipinski definition) is 2. The van der Waals surface area contributed by atoms with Crippen molar-refractivity contribution >= 4 is 17.6 Å². The van der Waals surface area contributed by atoms with Crippen molar-refractivity contribution in [2.75, 3.05) is 12.3 Å². The third kappa shape index (κ3) is 3.83. The number of carbonyl (C=O) groups is 2. The van der Waals surface area contributed by atoms with E-state index in [0.717, 1.165) is 0 Å².